The molecule has 17 heavy (non-hydrogen) atoms. The van der Waals surface area contributed by atoms with Crippen LogP contribution in [0.15, 0.2) is 24.3 Å². The SMILES string of the molecule is C[Si](C)(C)c1ccc(CN2CCOCC2)cc1. The third kappa shape index (κ3) is 3.66. The fraction of sp³-hybridized carbons (Fsp3) is 0.571. The van der Waals surface area contributed by atoms with E-state index in [1.54, 1.807) is 5.19 Å². The van der Waals surface area contributed by atoms with Crippen molar-refractivity contribution in [1.82, 2.24) is 4.90 Å². The molecule has 0 aromatic heterocycles. The van der Waals surface area contributed by atoms with Crippen LogP contribution < -0.4 is 5.19 Å². The molecule has 1 aliphatic heterocycles. The molecule has 0 atom stereocenters. The van der Waals surface area contributed by atoms with Gasteiger partial charge in [-0.3, -0.25) is 4.90 Å². The van der Waals surface area contributed by atoms with Crippen LogP contribution in [-0.4, -0.2) is 39.3 Å². The number of ether oxygens (including phenoxy) is 1. The predicted octanol–water partition coefficient (Wildman–Crippen LogP) is 2.06. The Morgan fingerprint density at radius 2 is 1.65 bits per heavy atom. The molecule has 2 rings (SSSR count). The Bertz CT molecular complexity index is 349. The van der Waals surface area contributed by atoms with Gasteiger partial charge in [0, 0.05) is 19.6 Å². The Morgan fingerprint density at radius 1 is 1.06 bits per heavy atom. The fourth-order valence-electron chi connectivity index (χ4n) is 2.13. The zero-order chi connectivity index (χ0) is 12.3. The highest BCUT2D eigenvalue weighted by Gasteiger charge is 2.16. The van der Waals surface area contributed by atoms with Crippen molar-refractivity contribution in [1.29, 1.82) is 0 Å². The van der Waals surface area contributed by atoms with Crippen LogP contribution in [0.25, 0.3) is 0 Å². The Balaban J connectivity index is 1.98. The van der Waals surface area contributed by atoms with Gasteiger partial charge in [0.15, 0.2) is 0 Å². The molecule has 0 unspecified atom stereocenters. The fourth-order valence-corrected chi connectivity index (χ4v) is 3.29. The summed E-state index contributed by atoms with van der Waals surface area (Å²) in [5.74, 6) is 0. The first kappa shape index (κ1) is 12.8. The molecule has 1 aromatic carbocycles. The molecule has 0 radical (unpaired) electrons. The van der Waals surface area contributed by atoms with E-state index in [4.69, 9.17) is 4.74 Å². The van der Waals surface area contributed by atoms with E-state index in [-0.39, 0.29) is 0 Å². The van der Waals surface area contributed by atoms with Gasteiger partial charge in [0.25, 0.3) is 0 Å². The van der Waals surface area contributed by atoms with Crippen molar-refractivity contribution in [2.75, 3.05) is 26.3 Å². The van der Waals surface area contributed by atoms with Gasteiger partial charge in [0.1, 0.15) is 0 Å². The normalized spacial score (nSPS) is 18.3. The summed E-state index contributed by atoms with van der Waals surface area (Å²) in [5, 5.41) is 1.54. The molecule has 1 aliphatic rings. The largest absolute Gasteiger partial charge is 0.379 e. The molecular formula is C14H23NOSi. The lowest BCUT2D eigenvalue weighted by atomic mass is 10.2. The van der Waals surface area contributed by atoms with Crippen molar-refractivity contribution in [2.45, 2.75) is 26.2 Å². The van der Waals surface area contributed by atoms with E-state index in [2.05, 4.69) is 48.8 Å². The van der Waals surface area contributed by atoms with E-state index in [9.17, 15) is 0 Å². The van der Waals surface area contributed by atoms with Crippen molar-refractivity contribution in [3.05, 3.63) is 29.8 Å². The summed E-state index contributed by atoms with van der Waals surface area (Å²) in [6.45, 7) is 12.1. The number of hydrogen-bond donors (Lipinski definition) is 0. The maximum absolute atomic E-state index is 5.37. The molecule has 0 aliphatic carbocycles. The zero-order valence-electron chi connectivity index (χ0n) is 11.2. The Morgan fingerprint density at radius 3 is 2.18 bits per heavy atom. The average molecular weight is 249 g/mol. The smallest absolute Gasteiger partial charge is 0.0775 e. The van der Waals surface area contributed by atoms with Crippen LogP contribution in [0.5, 0.6) is 0 Å². The molecule has 0 amide bonds. The number of benzene rings is 1. The van der Waals surface area contributed by atoms with Crippen LogP contribution in [0.4, 0.5) is 0 Å². The van der Waals surface area contributed by atoms with Crippen molar-refractivity contribution in [3.8, 4) is 0 Å². The van der Waals surface area contributed by atoms with Crippen LogP contribution >= 0.6 is 0 Å². The van der Waals surface area contributed by atoms with Crippen LogP contribution in [0.2, 0.25) is 19.6 Å². The van der Waals surface area contributed by atoms with E-state index in [1.807, 2.05) is 0 Å². The Kier molecular flexibility index (Phi) is 4.02. The second-order valence-corrected chi connectivity index (χ2v) is 10.9. The second-order valence-electron chi connectivity index (χ2n) is 5.84. The minimum atomic E-state index is -1.14. The molecule has 1 heterocycles. The highest BCUT2D eigenvalue weighted by molar-refractivity contribution is 6.88. The molecule has 0 bridgehead atoms. The van der Waals surface area contributed by atoms with Crippen LogP contribution in [0.1, 0.15) is 5.56 Å². The molecular weight excluding hydrogens is 226 g/mol. The molecule has 0 N–H and O–H groups in total. The summed E-state index contributed by atoms with van der Waals surface area (Å²) in [4.78, 5) is 2.47. The van der Waals surface area contributed by atoms with Crippen molar-refractivity contribution in [3.63, 3.8) is 0 Å². The number of hydrogen-bond acceptors (Lipinski definition) is 2. The number of nitrogens with zero attached hydrogens (tertiary/aromatic N) is 1. The van der Waals surface area contributed by atoms with Crippen molar-refractivity contribution in [2.24, 2.45) is 0 Å². The predicted molar refractivity (Wildman–Crippen MR) is 75.5 cm³/mol. The van der Waals surface area contributed by atoms with E-state index >= 15 is 0 Å². The van der Waals surface area contributed by atoms with Crippen LogP contribution in [-0.2, 0) is 11.3 Å². The molecule has 0 spiro atoms. The minimum Gasteiger partial charge on any atom is -0.379 e. The summed E-state index contributed by atoms with van der Waals surface area (Å²) in [6, 6.07) is 9.23. The first-order valence-electron chi connectivity index (χ1n) is 6.45. The molecule has 3 heteroatoms. The van der Waals surface area contributed by atoms with Gasteiger partial charge in [-0.1, -0.05) is 49.1 Å². The summed E-state index contributed by atoms with van der Waals surface area (Å²) < 4.78 is 5.37. The van der Waals surface area contributed by atoms with Gasteiger partial charge in [-0.05, 0) is 5.56 Å². The third-order valence-corrected chi connectivity index (χ3v) is 5.40. The monoisotopic (exact) mass is 249 g/mol. The molecule has 1 saturated heterocycles. The van der Waals surface area contributed by atoms with E-state index in [1.165, 1.54) is 5.56 Å². The lowest BCUT2D eigenvalue weighted by Gasteiger charge is -2.26. The van der Waals surface area contributed by atoms with Gasteiger partial charge >= 0.3 is 0 Å². The third-order valence-electron chi connectivity index (χ3n) is 3.33. The Labute approximate surface area is 106 Å². The second kappa shape index (κ2) is 5.34. The van der Waals surface area contributed by atoms with Crippen molar-refractivity contribution < 1.29 is 4.74 Å². The lowest BCUT2D eigenvalue weighted by molar-refractivity contribution is 0.0342. The van der Waals surface area contributed by atoms with Gasteiger partial charge < -0.3 is 4.74 Å². The molecule has 0 saturated carbocycles. The van der Waals surface area contributed by atoms with E-state index in [0.29, 0.717) is 0 Å². The van der Waals surface area contributed by atoms with Crippen molar-refractivity contribution >= 4 is 13.3 Å². The molecule has 1 fully saturated rings. The standard InChI is InChI=1S/C14H23NOSi/c1-17(2,3)14-6-4-13(5-7-14)12-15-8-10-16-11-9-15/h4-7H,8-12H2,1-3H3. The quantitative estimate of drug-likeness (QED) is 0.760. The zero-order valence-corrected chi connectivity index (χ0v) is 12.2. The maximum atomic E-state index is 5.37. The number of rotatable bonds is 3. The summed E-state index contributed by atoms with van der Waals surface area (Å²) in [6.07, 6.45) is 0. The Hall–Kier alpha value is -0.643. The van der Waals surface area contributed by atoms with E-state index < -0.39 is 8.07 Å². The van der Waals surface area contributed by atoms with E-state index in [0.717, 1.165) is 32.8 Å². The van der Waals surface area contributed by atoms with Gasteiger partial charge in [0.05, 0.1) is 21.3 Å². The topological polar surface area (TPSA) is 12.5 Å². The first-order chi connectivity index (χ1) is 8.05. The summed E-state index contributed by atoms with van der Waals surface area (Å²) in [7, 11) is -1.14. The molecule has 1 aromatic rings. The first-order valence-corrected chi connectivity index (χ1v) is 9.95. The van der Waals surface area contributed by atoms with Crippen LogP contribution in [0, 0.1) is 0 Å². The lowest BCUT2D eigenvalue weighted by Crippen LogP contribution is -2.38. The highest BCUT2D eigenvalue weighted by Crippen LogP contribution is 2.08. The maximum Gasteiger partial charge on any atom is 0.0775 e. The van der Waals surface area contributed by atoms with Gasteiger partial charge in [0.2, 0.25) is 0 Å². The summed E-state index contributed by atoms with van der Waals surface area (Å²) >= 11 is 0. The minimum absolute atomic E-state index is 0.882. The molecule has 2 nitrogen and oxygen atoms in total. The molecule has 94 valence electrons. The van der Waals surface area contributed by atoms with Crippen LogP contribution in [0.3, 0.4) is 0 Å². The number of morpholine rings is 1. The van der Waals surface area contributed by atoms with Gasteiger partial charge in [-0.2, -0.15) is 0 Å². The van der Waals surface area contributed by atoms with Gasteiger partial charge in [-0.25, -0.2) is 0 Å². The summed E-state index contributed by atoms with van der Waals surface area (Å²) in [5.41, 5.74) is 1.42. The van der Waals surface area contributed by atoms with Gasteiger partial charge in [-0.15, -0.1) is 0 Å². The average Bonchev–Trinajstić information content (AvgIpc) is 2.30. The highest BCUT2D eigenvalue weighted by atomic mass is 28.3.